The molecule has 2 amide bonds. The van der Waals surface area contributed by atoms with Crippen molar-refractivity contribution in [1.82, 2.24) is 0 Å². The number of hydrogen-bond donors (Lipinski definition) is 2. The SMILES string of the molecule is CC(=O)Nc1ccc([Te][Te]c2ccc(NC(C)=O)cc2)cc1. The van der Waals surface area contributed by atoms with Crippen LogP contribution in [-0.4, -0.2) is 45.9 Å². The Morgan fingerprint density at radius 3 is 1.27 bits per heavy atom. The number of anilines is 2. The summed E-state index contributed by atoms with van der Waals surface area (Å²) < 4.78 is 2.82. The standard InChI is InChI=1S/C16H16N2O2Te2/c1-11(19)17-13-3-7-15(8-4-13)21-22-16-9-5-14(6-10-16)18-12(2)20/h3-10H,1-2H3,(H,17,19)(H,18,20). The molecule has 6 heteroatoms. The fourth-order valence-electron chi connectivity index (χ4n) is 1.69. The third-order valence-corrected chi connectivity index (χ3v) is 14.4. The molecule has 0 aliphatic rings. The maximum absolute atomic E-state index is 11.0. The summed E-state index contributed by atoms with van der Waals surface area (Å²) in [6.45, 7) is 3.03. The third kappa shape index (κ3) is 5.99. The van der Waals surface area contributed by atoms with Gasteiger partial charge in [-0.05, 0) is 0 Å². The van der Waals surface area contributed by atoms with Crippen LogP contribution in [0.3, 0.4) is 0 Å². The van der Waals surface area contributed by atoms with Gasteiger partial charge in [0.05, 0.1) is 0 Å². The average Bonchev–Trinajstić information content (AvgIpc) is 2.47. The zero-order valence-electron chi connectivity index (χ0n) is 12.3. The zero-order chi connectivity index (χ0) is 15.9. The molecular formula is C16H16N2O2Te2. The Balaban J connectivity index is 1.89. The summed E-state index contributed by atoms with van der Waals surface area (Å²) in [5.41, 5.74) is 1.70. The predicted octanol–water partition coefficient (Wildman–Crippen LogP) is 0.878. The van der Waals surface area contributed by atoms with Crippen LogP contribution < -0.4 is 17.9 Å². The van der Waals surface area contributed by atoms with Crippen LogP contribution in [-0.2, 0) is 9.59 Å². The van der Waals surface area contributed by atoms with Crippen molar-refractivity contribution >= 4 is 64.5 Å². The predicted molar refractivity (Wildman–Crippen MR) is 92.3 cm³/mol. The van der Waals surface area contributed by atoms with Gasteiger partial charge in [-0.25, -0.2) is 0 Å². The van der Waals surface area contributed by atoms with Gasteiger partial charge in [-0.1, -0.05) is 0 Å². The van der Waals surface area contributed by atoms with E-state index in [0.717, 1.165) is 11.4 Å². The van der Waals surface area contributed by atoms with E-state index in [-0.39, 0.29) is 45.9 Å². The van der Waals surface area contributed by atoms with E-state index in [1.807, 2.05) is 24.3 Å². The number of amides is 2. The van der Waals surface area contributed by atoms with Crippen molar-refractivity contribution in [3.05, 3.63) is 48.5 Å². The number of nitrogens with one attached hydrogen (secondary N) is 2. The van der Waals surface area contributed by atoms with Gasteiger partial charge in [0.25, 0.3) is 0 Å². The first kappa shape index (κ1) is 17.3. The molecule has 4 nitrogen and oxygen atoms in total. The van der Waals surface area contributed by atoms with Gasteiger partial charge < -0.3 is 0 Å². The van der Waals surface area contributed by atoms with Gasteiger partial charge in [0.2, 0.25) is 0 Å². The summed E-state index contributed by atoms with van der Waals surface area (Å²) in [6, 6.07) is 16.3. The Bertz CT molecular complexity index is 595. The summed E-state index contributed by atoms with van der Waals surface area (Å²) in [5.74, 6) is -0.0884. The Kier molecular flexibility index (Phi) is 6.73. The van der Waals surface area contributed by atoms with E-state index in [1.165, 1.54) is 21.1 Å². The molecule has 114 valence electrons. The second-order valence-corrected chi connectivity index (χ2v) is 14.6. The Morgan fingerprint density at radius 2 is 1.00 bits per heavy atom. The maximum atomic E-state index is 11.0. The fraction of sp³-hybridized carbons (Fsp3) is 0.125. The number of benzene rings is 2. The minimum atomic E-state index is -0.173. The molecule has 22 heavy (non-hydrogen) atoms. The van der Waals surface area contributed by atoms with E-state index < -0.39 is 0 Å². The van der Waals surface area contributed by atoms with Crippen LogP contribution in [0.15, 0.2) is 48.5 Å². The molecule has 2 N–H and O–H groups in total. The zero-order valence-corrected chi connectivity index (χ0v) is 16.9. The quantitative estimate of drug-likeness (QED) is 0.572. The molecule has 0 aliphatic carbocycles. The van der Waals surface area contributed by atoms with Gasteiger partial charge in [0.1, 0.15) is 0 Å². The van der Waals surface area contributed by atoms with Crippen LogP contribution in [0.5, 0.6) is 0 Å². The molecule has 0 saturated heterocycles. The molecule has 0 fully saturated rings. The van der Waals surface area contributed by atoms with Crippen LogP contribution >= 0.6 is 0 Å². The Labute approximate surface area is 146 Å². The van der Waals surface area contributed by atoms with Crippen LogP contribution in [0.1, 0.15) is 13.8 Å². The topological polar surface area (TPSA) is 58.2 Å². The molecule has 0 radical (unpaired) electrons. The van der Waals surface area contributed by atoms with Crippen molar-refractivity contribution in [3.8, 4) is 0 Å². The Morgan fingerprint density at radius 1 is 0.682 bits per heavy atom. The van der Waals surface area contributed by atoms with Gasteiger partial charge in [-0.3, -0.25) is 0 Å². The van der Waals surface area contributed by atoms with Crippen molar-refractivity contribution in [3.63, 3.8) is 0 Å². The molecular weight excluding hydrogens is 507 g/mol. The van der Waals surface area contributed by atoms with E-state index in [4.69, 9.17) is 0 Å². The first-order valence-electron chi connectivity index (χ1n) is 6.63. The van der Waals surface area contributed by atoms with Gasteiger partial charge >= 0.3 is 147 Å². The first-order chi connectivity index (χ1) is 10.5. The molecule has 0 heterocycles. The molecule has 2 aromatic rings. The number of hydrogen-bond acceptors (Lipinski definition) is 2. The van der Waals surface area contributed by atoms with E-state index in [9.17, 15) is 9.59 Å². The van der Waals surface area contributed by atoms with E-state index in [2.05, 4.69) is 34.9 Å². The monoisotopic (exact) mass is 528 g/mol. The second-order valence-electron chi connectivity index (χ2n) is 4.58. The van der Waals surface area contributed by atoms with Crippen molar-refractivity contribution in [1.29, 1.82) is 0 Å². The molecule has 0 unspecified atom stereocenters. The third-order valence-electron chi connectivity index (χ3n) is 2.58. The number of carbonyl (C=O) groups is 2. The second kappa shape index (κ2) is 8.55. The van der Waals surface area contributed by atoms with Crippen molar-refractivity contribution in [2.24, 2.45) is 0 Å². The normalized spacial score (nSPS) is 10.1. The van der Waals surface area contributed by atoms with Crippen LogP contribution in [0, 0.1) is 0 Å². The van der Waals surface area contributed by atoms with E-state index >= 15 is 0 Å². The average molecular weight is 524 g/mol. The molecule has 0 aromatic heterocycles. The van der Waals surface area contributed by atoms with Gasteiger partial charge in [-0.2, -0.15) is 0 Å². The van der Waals surface area contributed by atoms with Crippen LogP contribution in [0.2, 0.25) is 0 Å². The van der Waals surface area contributed by atoms with Crippen molar-refractivity contribution in [2.75, 3.05) is 10.6 Å². The number of rotatable bonds is 5. The summed E-state index contributed by atoms with van der Waals surface area (Å²) in [7, 11) is 0. The Hall–Kier alpha value is -1.04. The van der Waals surface area contributed by atoms with Gasteiger partial charge in [0.15, 0.2) is 0 Å². The molecule has 2 rings (SSSR count). The molecule has 0 bridgehead atoms. The summed E-state index contributed by atoms with van der Waals surface area (Å²) >= 11 is -0.345. The van der Waals surface area contributed by atoms with Gasteiger partial charge in [0, 0.05) is 0 Å². The van der Waals surface area contributed by atoms with Crippen LogP contribution in [0.4, 0.5) is 11.4 Å². The van der Waals surface area contributed by atoms with Crippen molar-refractivity contribution in [2.45, 2.75) is 13.8 Å². The van der Waals surface area contributed by atoms with Crippen molar-refractivity contribution < 1.29 is 9.59 Å². The number of carbonyl (C=O) groups excluding carboxylic acids is 2. The molecule has 0 spiro atoms. The van der Waals surface area contributed by atoms with Gasteiger partial charge in [-0.15, -0.1) is 0 Å². The molecule has 0 aliphatic heterocycles. The molecule has 0 saturated carbocycles. The van der Waals surface area contributed by atoms with E-state index in [1.54, 1.807) is 0 Å². The summed E-state index contributed by atoms with van der Waals surface area (Å²) in [5, 5.41) is 5.56. The molecule has 2 aromatic carbocycles. The summed E-state index contributed by atoms with van der Waals surface area (Å²) in [6.07, 6.45) is 0. The molecule has 0 atom stereocenters. The fourth-order valence-corrected chi connectivity index (χ4v) is 11.6. The van der Waals surface area contributed by atoms with E-state index in [0.29, 0.717) is 0 Å². The summed E-state index contributed by atoms with van der Waals surface area (Å²) in [4.78, 5) is 22.0. The minimum absolute atomic E-state index is 0.0442. The van der Waals surface area contributed by atoms with Crippen LogP contribution in [0.25, 0.3) is 0 Å². The first-order valence-corrected chi connectivity index (χ1v) is 16.3.